The molecule has 1 heterocycles. The molecule has 23 heavy (non-hydrogen) atoms. The molecule has 0 bridgehead atoms. The monoisotopic (exact) mass is 324 g/mol. The number of carbonyl (C=O) groups is 1. The summed E-state index contributed by atoms with van der Waals surface area (Å²) in [6, 6.07) is 15.5. The normalized spacial score (nSPS) is 17.6. The lowest BCUT2D eigenvalue weighted by Gasteiger charge is -2.03. The van der Waals surface area contributed by atoms with Gasteiger partial charge in [-0.3, -0.25) is 4.79 Å². The number of aliphatic imine (C=N–C) groups is 1. The summed E-state index contributed by atoms with van der Waals surface area (Å²) in [5.41, 5.74) is 2.91. The fourth-order valence-electron chi connectivity index (χ4n) is 2.17. The van der Waals surface area contributed by atoms with E-state index in [1.54, 1.807) is 7.11 Å². The van der Waals surface area contributed by atoms with E-state index in [1.807, 2.05) is 61.5 Å². The van der Waals surface area contributed by atoms with Crippen LogP contribution >= 0.6 is 11.8 Å². The number of nitrogens with one attached hydrogen (secondary N) is 1. The van der Waals surface area contributed by atoms with E-state index in [9.17, 15) is 4.79 Å². The largest absolute Gasteiger partial charge is 0.497 e. The van der Waals surface area contributed by atoms with Crippen LogP contribution in [0.2, 0.25) is 0 Å². The third-order valence-electron chi connectivity index (χ3n) is 3.42. The van der Waals surface area contributed by atoms with Crippen LogP contribution in [0.1, 0.15) is 11.1 Å². The standard InChI is InChI=1S/C18H16N2O2S/c1-12-5-3-4-6-15(12)19-17-16(23-18(21)20-17)11-13-7-9-14(22-2)10-8-13/h3-11H,1-2H3,(H,19,20,21)/b16-11-. The maximum absolute atomic E-state index is 11.7. The maximum Gasteiger partial charge on any atom is 0.289 e. The number of hydrogen-bond acceptors (Lipinski definition) is 4. The van der Waals surface area contributed by atoms with Gasteiger partial charge in [0.1, 0.15) is 11.6 Å². The van der Waals surface area contributed by atoms with Crippen LogP contribution in [0.5, 0.6) is 5.75 Å². The Balaban J connectivity index is 1.94. The van der Waals surface area contributed by atoms with Gasteiger partial charge in [0.05, 0.1) is 17.7 Å². The average molecular weight is 324 g/mol. The summed E-state index contributed by atoms with van der Waals surface area (Å²) in [6.45, 7) is 2.00. The minimum absolute atomic E-state index is 0.114. The Labute approximate surface area is 139 Å². The lowest BCUT2D eigenvalue weighted by molar-refractivity contribution is 0.265. The summed E-state index contributed by atoms with van der Waals surface area (Å²) >= 11 is 1.15. The highest BCUT2D eigenvalue weighted by Gasteiger charge is 2.23. The van der Waals surface area contributed by atoms with E-state index in [2.05, 4.69) is 10.3 Å². The molecule has 1 aliphatic rings. The van der Waals surface area contributed by atoms with Gasteiger partial charge in [0.2, 0.25) is 0 Å². The van der Waals surface area contributed by atoms with E-state index in [4.69, 9.17) is 4.74 Å². The predicted molar refractivity (Wildman–Crippen MR) is 95.4 cm³/mol. The molecule has 0 radical (unpaired) electrons. The smallest absolute Gasteiger partial charge is 0.289 e. The number of rotatable bonds is 3. The van der Waals surface area contributed by atoms with Crippen molar-refractivity contribution in [3.63, 3.8) is 0 Å². The first-order valence-corrected chi connectivity index (χ1v) is 7.96. The zero-order valence-corrected chi connectivity index (χ0v) is 13.7. The SMILES string of the molecule is COc1ccc(/C=C2\SC(=O)NC2=Nc2ccccc2C)cc1. The van der Waals surface area contributed by atoms with E-state index in [0.717, 1.165) is 39.2 Å². The molecule has 1 saturated heterocycles. The molecule has 5 heteroatoms. The van der Waals surface area contributed by atoms with Crippen LogP contribution in [0.25, 0.3) is 6.08 Å². The first-order chi connectivity index (χ1) is 11.2. The van der Waals surface area contributed by atoms with Gasteiger partial charge in [0.15, 0.2) is 0 Å². The van der Waals surface area contributed by atoms with Crippen molar-refractivity contribution >= 4 is 34.6 Å². The second-order valence-electron chi connectivity index (χ2n) is 5.04. The summed E-state index contributed by atoms with van der Waals surface area (Å²) in [7, 11) is 1.63. The van der Waals surface area contributed by atoms with E-state index >= 15 is 0 Å². The van der Waals surface area contributed by atoms with Crippen LogP contribution in [0, 0.1) is 6.92 Å². The molecule has 2 aromatic carbocycles. The number of benzene rings is 2. The van der Waals surface area contributed by atoms with E-state index in [1.165, 1.54) is 0 Å². The van der Waals surface area contributed by atoms with Gasteiger partial charge in [-0.05, 0) is 54.1 Å². The summed E-state index contributed by atoms with van der Waals surface area (Å²) in [5.74, 6) is 1.39. The van der Waals surface area contributed by atoms with Crippen molar-refractivity contribution in [2.24, 2.45) is 4.99 Å². The number of hydrogen-bond donors (Lipinski definition) is 1. The molecule has 0 aromatic heterocycles. The third-order valence-corrected chi connectivity index (χ3v) is 4.24. The molecule has 116 valence electrons. The van der Waals surface area contributed by atoms with Crippen molar-refractivity contribution in [2.75, 3.05) is 7.11 Å². The van der Waals surface area contributed by atoms with Crippen LogP contribution in [-0.2, 0) is 0 Å². The van der Waals surface area contributed by atoms with Gasteiger partial charge in [-0.25, -0.2) is 4.99 Å². The van der Waals surface area contributed by atoms with Gasteiger partial charge >= 0.3 is 0 Å². The predicted octanol–water partition coefficient (Wildman–Crippen LogP) is 4.53. The number of ether oxygens (including phenoxy) is 1. The minimum atomic E-state index is -0.114. The molecule has 3 rings (SSSR count). The molecular weight excluding hydrogens is 308 g/mol. The van der Waals surface area contributed by atoms with E-state index in [-0.39, 0.29) is 5.24 Å². The van der Waals surface area contributed by atoms with Crippen molar-refractivity contribution in [3.05, 3.63) is 64.6 Å². The molecule has 0 atom stereocenters. The van der Waals surface area contributed by atoms with Gasteiger partial charge in [-0.2, -0.15) is 0 Å². The van der Waals surface area contributed by atoms with Gasteiger partial charge in [0, 0.05) is 0 Å². The maximum atomic E-state index is 11.7. The Morgan fingerprint density at radius 1 is 1.13 bits per heavy atom. The molecule has 1 fully saturated rings. The van der Waals surface area contributed by atoms with Crippen LogP contribution in [0.15, 0.2) is 58.4 Å². The van der Waals surface area contributed by atoms with Gasteiger partial charge in [-0.1, -0.05) is 30.3 Å². The van der Waals surface area contributed by atoms with Gasteiger partial charge in [0.25, 0.3) is 5.24 Å². The molecule has 1 aliphatic heterocycles. The fourth-order valence-corrected chi connectivity index (χ4v) is 2.91. The average Bonchev–Trinajstić information content (AvgIpc) is 2.90. The summed E-state index contributed by atoms with van der Waals surface area (Å²) in [4.78, 5) is 17.1. The molecule has 0 unspecified atom stereocenters. The highest BCUT2D eigenvalue weighted by atomic mass is 32.2. The molecule has 1 N–H and O–H groups in total. The molecule has 0 saturated carbocycles. The topological polar surface area (TPSA) is 50.7 Å². The van der Waals surface area contributed by atoms with Gasteiger partial charge < -0.3 is 10.1 Å². The zero-order chi connectivity index (χ0) is 16.2. The fraction of sp³-hybridized carbons (Fsp3) is 0.111. The molecule has 0 aliphatic carbocycles. The second kappa shape index (κ2) is 6.71. The van der Waals surface area contributed by atoms with Gasteiger partial charge in [-0.15, -0.1) is 0 Å². The number of amidine groups is 1. The number of thioether (sulfide) groups is 1. The zero-order valence-electron chi connectivity index (χ0n) is 12.9. The molecule has 4 nitrogen and oxygen atoms in total. The summed E-state index contributed by atoms with van der Waals surface area (Å²) in [5, 5.41) is 2.69. The number of methoxy groups -OCH3 is 1. The Bertz CT molecular complexity index is 795. The lowest BCUT2D eigenvalue weighted by Crippen LogP contribution is -2.18. The quantitative estimate of drug-likeness (QED) is 0.902. The first kappa shape index (κ1) is 15.4. The Morgan fingerprint density at radius 3 is 2.57 bits per heavy atom. The van der Waals surface area contributed by atoms with Crippen molar-refractivity contribution in [3.8, 4) is 5.75 Å². The van der Waals surface area contributed by atoms with Crippen molar-refractivity contribution in [1.82, 2.24) is 5.32 Å². The van der Waals surface area contributed by atoms with Crippen LogP contribution < -0.4 is 10.1 Å². The highest BCUT2D eigenvalue weighted by molar-refractivity contribution is 8.18. The molecule has 1 amide bonds. The van der Waals surface area contributed by atoms with Crippen molar-refractivity contribution in [2.45, 2.75) is 6.92 Å². The number of aryl methyl sites for hydroxylation is 1. The molecular formula is C18H16N2O2S. The molecule has 2 aromatic rings. The Morgan fingerprint density at radius 2 is 1.87 bits per heavy atom. The second-order valence-corrected chi connectivity index (χ2v) is 6.06. The van der Waals surface area contributed by atoms with E-state index < -0.39 is 0 Å². The number of carbonyl (C=O) groups excluding carboxylic acids is 1. The minimum Gasteiger partial charge on any atom is -0.497 e. The third kappa shape index (κ3) is 3.63. The Hall–Kier alpha value is -2.53. The number of amides is 1. The lowest BCUT2D eigenvalue weighted by atomic mass is 10.2. The van der Waals surface area contributed by atoms with Crippen molar-refractivity contribution in [1.29, 1.82) is 0 Å². The van der Waals surface area contributed by atoms with Crippen molar-refractivity contribution < 1.29 is 9.53 Å². The Kier molecular flexibility index (Phi) is 4.48. The van der Waals surface area contributed by atoms with Crippen LogP contribution in [0.4, 0.5) is 10.5 Å². The van der Waals surface area contributed by atoms with Crippen LogP contribution in [-0.4, -0.2) is 18.2 Å². The number of para-hydroxylation sites is 1. The summed E-state index contributed by atoms with van der Waals surface area (Å²) < 4.78 is 5.15. The summed E-state index contributed by atoms with van der Waals surface area (Å²) in [6.07, 6.45) is 1.94. The van der Waals surface area contributed by atoms with E-state index in [0.29, 0.717) is 5.84 Å². The first-order valence-electron chi connectivity index (χ1n) is 7.15. The highest BCUT2D eigenvalue weighted by Crippen LogP contribution is 2.29. The van der Waals surface area contributed by atoms with Crippen LogP contribution in [0.3, 0.4) is 0 Å². The molecule has 0 spiro atoms. The number of nitrogens with zero attached hydrogens (tertiary/aromatic N) is 1.